The van der Waals surface area contributed by atoms with Gasteiger partial charge in [0.1, 0.15) is 18.7 Å². The van der Waals surface area contributed by atoms with E-state index in [0.717, 1.165) is 28.9 Å². The van der Waals surface area contributed by atoms with Gasteiger partial charge in [0.2, 0.25) is 29.5 Å². The quantitative estimate of drug-likeness (QED) is 0.0584. The zero-order valence-corrected chi connectivity index (χ0v) is 46.0. The molecular weight excluding hydrogens is 1050 g/mol. The van der Waals surface area contributed by atoms with Crippen molar-refractivity contribution < 1.29 is 67.1 Å². The molecule has 8 N–H and O–H groups in total. The second-order valence-electron chi connectivity index (χ2n) is 21.0. The lowest BCUT2D eigenvalue weighted by atomic mass is 10.0. The molecule has 1 saturated carbocycles. The van der Waals surface area contributed by atoms with Gasteiger partial charge in [0.05, 0.1) is 82.2 Å². The highest BCUT2D eigenvalue weighted by Crippen LogP contribution is 2.57. The van der Waals surface area contributed by atoms with E-state index in [4.69, 9.17) is 34.2 Å². The predicted molar refractivity (Wildman–Crippen MR) is 295 cm³/mol. The summed E-state index contributed by atoms with van der Waals surface area (Å²) in [6, 6.07) is 13.7. The molecule has 0 bridgehead atoms. The molecule has 4 aliphatic heterocycles. The number of anilines is 3. The Morgan fingerprint density at radius 3 is 2.19 bits per heavy atom. The minimum absolute atomic E-state index is 0.0721. The van der Waals surface area contributed by atoms with Crippen molar-refractivity contribution in [1.82, 2.24) is 30.7 Å². The number of hydrogen-bond acceptors (Lipinski definition) is 17. The summed E-state index contributed by atoms with van der Waals surface area (Å²) >= 11 is 0. The van der Waals surface area contributed by atoms with E-state index < -0.39 is 54.1 Å². The summed E-state index contributed by atoms with van der Waals surface area (Å²) in [6.45, 7) is 5.23. The van der Waals surface area contributed by atoms with E-state index in [9.17, 15) is 38.7 Å². The van der Waals surface area contributed by atoms with Gasteiger partial charge in [0, 0.05) is 55.8 Å². The largest absolute Gasteiger partial charge is 0.493 e. The molecule has 4 aromatic rings. The smallest absolute Gasteiger partial charge is 0.416 e. The van der Waals surface area contributed by atoms with Crippen LogP contribution in [-0.4, -0.2) is 153 Å². The minimum atomic E-state index is -1.48. The van der Waals surface area contributed by atoms with Crippen molar-refractivity contribution in [2.75, 3.05) is 76.3 Å². The highest BCUT2D eigenvalue weighted by molar-refractivity contribution is 6.06. The molecule has 1 aromatic heterocycles. The van der Waals surface area contributed by atoms with Crippen LogP contribution in [0.5, 0.6) is 28.9 Å². The van der Waals surface area contributed by atoms with E-state index in [-0.39, 0.29) is 84.8 Å². The number of methoxy groups -OCH3 is 3. The van der Waals surface area contributed by atoms with Crippen LogP contribution in [0.1, 0.15) is 84.7 Å². The molecule has 0 radical (unpaired) electrons. The third-order valence-electron chi connectivity index (χ3n) is 15.1. The monoisotopic (exact) mass is 1120 g/mol. The number of hydrogen-bond donors (Lipinski definition) is 7. The summed E-state index contributed by atoms with van der Waals surface area (Å²) in [7, 11) is 4.50. The first-order valence-corrected chi connectivity index (χ1v) is 26.8. The average Bonchev–Trinajstić information content (AvgIpc) is 4.18. The summed E-state index contributed by atoms with van der Waals surface area (Å²) in [5.74, 6) is -1.44. The van der Waals surface area contributed by atoms with Gasteiger partial charge in [-0.1, -0.05) is 26.0 Å². The number of aliphatic hydroxyl groups is 1. The van der Waals surface area contributed by atoms with E-state index in [2.05, 4.69) is 31.6 Å². The lowest BCUT2D eigenvalue weighted by Gasteiger charge is -2.31. The third-order valence-corrected chi connectivity index (χ3v) is 15.1. The SMILES string of the molecule is COc1ccc(C2=CN3C(=O)c4cc(OC)c(OCCCOc5cc6c(cc5OC)C(=O)N5CC7(CC7)C[C@H]5C(O)N6C(=O)OCc5ccc(NC(=O)[C@H](C)NC(=O)[C@@H](NC(=O)CNC(=O)CN)C(C)C)cc5)cc4NCC3C2)cn1. The first-order chi connectivity index (χ1) is 38.9. The highest BCUT2D eigenvalue weighted by Gasteiger charge is 2.58. The molecule has 430 valence electrons. The molecule has 81 heavy (non-hydrogen) atoms. The van der Waals surface area contributed by atoms with Crippen LogP contribution in [-0.2, 0) is 30.5 Å². The van der Waals surface area contributed by atoms with Crippen molar-refractivity contribution in [3.63, 3.8) is 0 Å². The van der Waals surface area contributed by atoms with Crippen LogP contribution in [0.2, 0.25) is 0 Å². The zero-order valence-electron chi connectivity index (χ0n) is 46.0. The Bertz CT molecular complexity index is 3100. The Labute approximate surface area is 467 Å². The maximum Gasteiger partial charge on any atom is 0.416 e. The maximum atomic E-state index is 14.4. The van der Waals surface area contributed by atoms with E-state index in [1.54, 1.807) is 79.4 Å². The van der Waals surface area contributed by atoms with Gasteiger partial charge >= 0.3 is 6.09 Å². The number of pyridine rings is 1. The van der Waals surface area contributed by atoms with Gasteiger partial charge < -0.3 is 75.6 Å². The minimum Gasteiger partial charge on any atom is -0.493 e. The molecule has 1 aliphatic carbocycles. The summed E-state index contributed by atoms with van der Waals surface area (Å²) in [5, 5.41) is 25.8. The fraction of sp³-hybridized carbons (Fsp3) is 0.439. The van der Waals surface area contributed by atoms with Crippen molar-refractivity contribution in [2.45, 2.75) is 89.9 Å². The van der Waals surface area contributed by atoms with Crippen molar-refractivity contribution >= 4 is 64.2 Å². The molecule has 9 rings (SSSR count). The van der Waals surface area contributed by atoms with E-state index in [0.29, 0.717) is 72.2 Å². The fourth-order valence-corrected chi connectivity index (χ4v) is 10.4. The Hall–Kier alpha value is -8.64. The summed E-state index contributed by atoms with van der Waals surface area (Å²) in [6.07, 6.45) is 4.51. The number of nitrogens with zero attached hydrogens (tertiary/aromatic N) is 4. The number of nitrogens with one attached hydrogen (secondary N) is 5. The zero-order chi connectivity index (χ0) is 57.7. The third kappa shape index (κ3) is 12.6. The first-order valence-electron chi connectivity index (χ1n) is 26.8. The van der Waals surface area contributed by atoms with Crippen molar-refractivity contribution in [3.8, 4) is 28.9 Å². The lowest BCUT2D eigenvalue weighted by Crippen LogP contribution is -2.55. The number of ether oxygens (including phenoxy) is 6. The van der Waals surface area contributed by atoms with Crippen LogP contribution in [0.25, 0.3) is 5.57 Å². The summed E-state index contributed by atoms with van der Waals surface area (Å²) < 4.78 is 34.9. The molecule has 1 saturated heterocycles. The van der Waals surface area contributed by atoms with Crippen molar-refractivity contribution in [3.05, 3.63) is 95.3 Å². The van der Waals surface area contributed by atoms with Crippen LogP contribution in [0.15, 0.2) is 73.1 Å². The van der Waals surface area contributed by atoms with Gasteiger partial charge in [-0.2, -0.15) is 0 Å². The van der Waals surface area contributed by atoms with Gasteiger partial charge in [0.15, 0.2) is 29.2 Å². The number of aromatic nitrogens is 1. The van der Waals surface area contributed by atoms with Gasteiger partial charge in [-0.25, -0.2) is 14.7 Å². The highest BCUT2D eigenvalue weighted by atomic mass is 16.6. The van der Waals surface area contributed by atoms with Gasteiger partial charge in [-0.3, -0.25) is 28.8 Å². The lowest BCUT2D eigenvalue weighted by molar-refractivity contribution is -0.132. The second kappa shape index (κ2) is 24.4. The second-order valence-corrected chi connectivity index (χ2v) is 21.0. The number of carbonyl (C=O) groups excluding carboxylic acids is 7. The topological polar surface area (TPSA) is 304 Å². The number of benzene rings is 3. The summed E-state index contributed by atoms with van der Waals surface area (Å²) in [5.41, 5.74) is 9.19. The molecule has 5 heterocycles. The number of amides is 7. The Balaban J connectivity index is 0.828. The molecule has 2 fully saturated rings. The molecule has 2 unspecified atom stereocenters. The molecule has 5 aliphatic rings. The van der Waals surface area contributed by atoms with Crippen LogP contribution in [0.3, 0.4) is 0 Å². The van der Waals surface area contributed by atoms with E-state index in [1.165, 1.54) is 33.3 Å². The number of carbonyl (C=O) groups is 7. The van der Waals surface area contributed by atoms with Gasteiger partial charge in [-0.15, -0.1) is 0 Å². The average molecular weight is 1120 g/mol. The number of fused-ring (bicyclic) bond motifs is 4. The number of aliphatic hydroxyl groups excluding tert-OH is 1. The van der Waals surface area contributed by atoms with Crippen molar-refractivity contribution in [1.29, 1.82) is 0 Å². The van der Waals surface area contributed by atoms with Crippen LogP contribution in [0, 0.1) is 11.3 Å². The standard InChI is InChI=1S/C57H68N10O14/c1-31(2)50(64-48(69)27-60-47(68)24-58)52(71)62-32(3)51(70)63-36-11-8-33(9-12-36)29-81-56(75)67-41-22-46(44(77-5)20-39(41)54(73)66-30-57(14-15-57)23-42(66)55(67)74)80-17-7-16-79-45-21-40-38(19-43(45)76-4)53(72)65-28-35(18-37(65)26-59-40)34-10-13-49(78-6)61-25-34/h8-13,19-22,25,28,31-32,37,42,50,55,59,74H,7,14-18,23-24,26-27,29-30,58H2,1-6H3,(H,60,68)(H,62,71)(H,63,70)(H,64,69)/t32-,37?,42-,50-,55?/m0/s1. The molecule has 24 nitrogen and oxygen atoms in total. The molecule has 5 atom stereocenters. The number of rotatable bonds is 21. The Morgan fingerprint density at radius 2 is 1.54 bits per heavy atom. The maximum absolute atomic E-state index is 14.4. The summed E-state index contributed by atoms with van der Waals surface area (Å²) in [4.78, 5) is 102. The van der Waals surface area contributed by atoms with Crippen LogP contribution < -0.4 is 60.9 Å². The molecule has 24 heteroatoms. The molecule has 7 amide bonds. The Morgan fingerprint density at radius 1 is 0.840 bits per heavy atom. The van der Waals surface area contributed by atoms with Gasteiger partial charge in [0.25, 0.3) is 11.8 Å². The predicted octanol–water partition coefficient (Wildman–Crippen LogP) is 3.77. The fourth-order valence-electron chi connectivity index (χ4n) is 10.4. The molecular formula is C57H68N10O14. The molecule has 1 spiro atoms. The van der Waals surface area contributed by atoms with E-state index in [1.807, 2.05) is 12.3 Å². The van der Waals surface area contributed by atoms with Gasteiger partial charge in [-0.05, 0) is 91.0 Å². The number of nitrogens with two attached hydrogens (primary N) is 1. The normalized spacial score (nSPS) is 19.0. The molecule has 3 aromatic carbocycles. The first kappa shape index (κ1) is 57.1. The van der Waals surface area contributed by atoms with Crippen LogP contribution >= 0.6 is 0 Å². The Kier molecular flexibility index (Phi) is 17.2. The van der Waals surface area contributed by atoms with Crippen LogP contribution in [0.4, 0.5) is 21.9 Å². The van der Waals surface area contributed by atoms with Crippen molar-refractivity contribution in [2.24, 2.45) is 17.1 Å². The van der Waals surface area contributed by atoms with E-state index >= 15 is 0 Å².